The number of para-hydroxylation sites is 1. The van der Waals surface area contributed by atoms with Gasteiger partial charge < -0.3 is 9.32 Å². The van der Waals surface area contributed by atoms with Gasteiger partial charge in [0.1, 0.15) is 22.1 Å². The quantitative estimate of drug-likeness (QED) is 0.689. The fourth-order valence-corrected chi connectivity index (χ4v) is 4.72. The summed E-state index contributed by atoms with van der Waals surface area (Å²) in [6.45, 7) is 1.74. The molecule has 0 radical (unpaired) electrons. The molecule has 0 unspecified atom stereocenters. The van der Waals surface area contributed by atoms with Crippen LogP contribution in [0, 0.1) is 0 Å². The van der Waals surface area contributed by atoms with Gasteiger partial charge >= 0.3 is 0 Å². The molecule has 7 heteroatoms. The number of anilines is 1. The van der Waals surface area contributed by atoms with Crippen LogP contribution in [0.15, 0.2) is 58.0 Å². The average Bonchev–Trinajstić information content (AvgIpc) is 3.31. The van der Waals surface area contributed by atoms with Crippen molar-refractivity contribution in [3.8, 4) is 0 Å². The van der Waals surface area contributed by atoms with Gasteiger partial charge in [-0.05, 0) is 37.1 Å². The molecule has 6 nitrogen and oxygen atoms in total. The van der Waals surface area contributed by atoms with E-state index in [9.17, 15) is 8.42 Å². The fourth-order valence-electron chi connectivity index (χ4n) is 3.26. The number of furan rings is 1. The van der Waals surface area contributed by atoms with Gasteiger partial charge in [0.25, 0.3) is 0 Å². The number of pyridine rings is 1. The van der Waals surface area contributed by atoms with Gasteiger partial charge in [-0.3, -0.25) is 0 Å². The smallest absolute Gasteiger partial charge is 0.244 e. The first-order valence-corrected chi connectivity index (χ1v) is 10.1. The molecule has 0 spiro atoms. The molecule has 0 atom stereocenters. The van der Waals surface area contributed by atoms with Crippen molar-refractivity contribution in [1.82, 2.24) is 9.29 Å². The average molecular weight is 371 g/mol. The molecule has 136 valence electrons. The van der Waals surface area contributed by atoms with E-state index in [1.54, 1.807) is 12.1 Å². The highest BCUT2D eigenvalue weighted by Crippen LogP contribution is 2.24. The minimum Gasteiger partial charge on any atom is -0.459 e. The van der Waals surface area contributed by atoms with Crippen molar-refractivity contribution < 1.29 is 12.8 Å². The zero-order valence-corrected chi connectivity index (χ0v) is 15.4. The number of nitrogens with zero attached hydrogens (tertiary/aromatic N) is 3. The summed E-state index contributed by atoms with van der Waals surface area (Å²) in [4.78, 5) is 6.53. The molecule has 0 aliphatic carbocycles. The summed E-state index contributed by atoms with van der Waals surface area (Å²) in [6.07, 6.45) is 3.29. The normalized spacial score (nSPS) is 15.6. The summed E-state index contributed by atoms with van der Waals surface area (Å²) in [5.41, 5.74) is 0.857. The first kappa shape index (κ1) is 17.1. The minimum absolute atomic E-state index is 0.250. The van der Waals surface area contributed by atoms with E-state index in [-0.39, 0.29) is 4.90 Å². The number of aromatic nitrogens is 1. The highest BCUT2D eigenvalue weighted by atomic mass is 32.2. The topological polar surface area (TPSA) is 66.7 Å². The van der Waals surface area contributed by atoms with Gasteiger partial charge in [-0.25, -0.2) is 13.4 Å². The van der Waals surface area contributed by atoms with Crippen LogP contribution in [-0.2, 0) is 16.6 Å². The maximum Gasteiger partial charge on any atom is 0.244 e. The lowest BCUT2D eigenvalue weighted by molar-refractivity contribution is 0.477. The monoisotopic (exact) mass is 371 g/mol. The SMILES string of the molecule is CN(Cc1cc2ccccc2o1)c1ccc(S(=O)(=O)N2CCCC2)cn1. The van der Waals surface area contributed by atoms with Crippen LogP contribution in [-0.4, -0.2) is 37.8 Å². The minimum atomic E-state index is -3.42. The zero-order chi connectivity index (χ0) is 18.1. The maximum atomic E-state index is 12.6. The largest absolute Gasteiger partial charge is 0.459 e. The number of fused-ring (bicyclic) bond motifs is 1. The van der Waals surface area contributed by atoms with Crippen molar-refractivity contribution >= 4 is 26.8 Å². The third-order valence-corrected chi connectivity index (χ3v) is 6.57. The third-order valence-electron chi connectivity index (χ3n) is 4.68. The fraction of sp³-hybridized carbons (Fsp3) is 0.316. The lowest BCUT2D eigenvalue weighted by Crippen LogP contribution is -2.28. The second-order valence-electron chi connectivity index (χ2n) is 6.57. The highest BCUT2D eigenvalue weighted by molar-refractivity contribution is 7.89. The van der Waals surface area contributed by atoms with Crippen LogP contribution in [0.2, 0.25) is 0 Å². The predicted octanol–water partition coefficient (Wildman–Crippen LogP) is 3.25. The summed E-state index contributed by atoms with van der Waals surface area (Å²) in [7, 11) is -1.52. The van der Waals surface area contributed by atoms with Gasteiger partial charge in [0, 0.05) is 31.7 Å². The van der Waals surface area contributed by atoms with Crippen LogP contribution >= 0.6 is 0 Å². The summed E-state index contributed by atoms with van der Waals surface area (Å²) in [6, 6.07) is 13.3. The number of hydrogen-bond acceptors (Lipinski definition) is 5. The van der Waals surface area contributed by atoms with Gasteiger partial charge in [-0.1, -0.05) is 18.2 Å². The molecule has 1 aromatic carbocycles. The molecule has 0 amide bonds. The Labute approximate surface area is 153 Å². The molecule has 26 heavy (non-hydrogen) atoms. The maximum absolute atomic E-state index is 12.6. The molecule has 1 aliphatic rings. The molecule has 0 saturated carbocycles. The number of sulfonamides is 1. The van der Waals surface area contributed by atoms with Crippen LogP contribution in [0.5, 0.6) is 0 Å². The Hall–Kier alpha value is -2.38. The second-order valence-corrected chi connectivity index (χ2v) is 8.51. The molecular weight excluding hydrogens is 350 g/mol. The highest BCUT2D eigenvalue weighted by Gasteiger charge is 2.27. The van der Waals surface area contributed by atoms with Gasteiger partial charge in [0.2, 0.25) is 10.0 Å². The number of benzene rings is 1. The lowest BCUT2D eigenvalue weighted by Gasteiger charge is -2.18. The first-order chi connectivity index (χ1) is 12.5. The molecular formula is C19H21N3O3S. The van der Waals surface area contributed by atoms with Crippen molar-refractivity contribution in [3.63, 3.8) is 0 Å². The van der Waals surface area contributed by atoms with Gasteiger partial charge in [-0.2, -0.15) is 4.31 Å². The van der Waals surface area contributed by atoms with E-state index in [2.05, 4.69) is 4.98 Å². The molecule has 1 aliphatic heterocycles. The molecule has 3 heterocycles. The Morgan fingerprint density at radius 3 is 2.62 bits per heavy atom. The number of hydrogen-bond donors (Lipinski definition) is 0. The van der Waals surface area contributed by atoms with E-state index < -0.39 is 10.0 Å². The second kappa shape index (κ2) is 6.74. The van der Waals surface area contributed by atoms with Crippen molar-refractivity contribution in [3.05, 3.63) is 54.4 Å². The van der Waals surface area contributed by atoms with Crippen molar-refractivity contribution in [1.29, 1.82) is 0 Å². The van der Waals surface area contributed by atoms with Crippen LogP contribution in [0.25, 0.3) is 11.0 Å². The van der Waals surface area contributed by atoms with Crippen molar-refractivity contribution in [2.45, 2.75) is 24.3 Å². The van der Waals surface area contributed by atoms with Crippen molar-refractivity contribution in [2.24, 2.45) is 0 Å². The summed E-state index contributed by atoms with van der Waals surface area (Å²) in [5.74, 6) is 1.54. The zero-order valence-electron chi connectivity index (χ0n) is 14.6. The molecule has 1 saturated heterocycles. The summed E-state index contributed by atoms with van der Waals surface area (Å²) >= 11 is 0. The Morgan fingerprint density at radius 1 is 1.15 bits per heavy atom. The van der Waals surface area contributed by atoms with E-state index in [0.717, 1.165) is 29.6 Å². The van der Waals surface area contributed by atoms with Gasteiger partial charge in [-0.15, -0.1) is 0 Å². The Bertz CT molecular complexity index is 973. The van der Waals surface area contributed by atoms with E-state index >= 15 is 0 Å². The Morgan fingerprint density at radius 2 is 1.92 bits per heavy atom. The third kappa shape index (κ3) is 3.20. The first-order valence-electron chi connectivity index (χ1n) is 8.69. The van der Waals surface area contributed by atoms with Crippen LogP contribution in [0.4, 0.5) is 5.82 Å². The predicted molar refractivity (Wildman–Crippen MR) is 101 cm³/mol. The van der Waals surface area contributed by atoms with Gasteiger partial charge in [0.05, 0.1) is 6.54 Å². The summed E-state index contributed by atoms with van der Waals surface area (Å²) < 4.78 is 32.5. The van der Waals surface area contributed by atoms with Crippen LogP contribution < -0.4 is 4.90 Å². The molecule has 3 aromatic rings. The van der Waals surface area contributed by atoms with Gasteiger partial charge in [0.15, 0.2) is 0 Å². The van der Waals surface area contributed by atoms with Crippen LogP contribution in [0.1, 0.15) is 18.6 Å². The molecule has 0 bridgehead atoms. The van der Waals surface area contributed by atoms with E-state index in [0.29, 0.717) is 25.5 Å². The lowest BCUT2D eigenvalue weighted by atomic mass is 10.2. The van der Waals surface area contributed by atoms with Crippen molar-refractivity contribution in [2.75, 3.05) is 25.0 Å². The standard InChI is InChI=1S/C19H21N3O3S/c1-21(14-16-12-15-6-2-3-7-18(15)25-16)19-9-8-17(13-20-19)26(23,24)22-10-4-5-11-22/h2-3,6-9,12-13H,4-5,10-11,14H2,1H3. The number of rotatable bonds is 5. The molecule has 0 N–H and O–H groups in total. The van der Waals surface area contributed by atoms with E-state index in [1.165, 1.54) is 10.5 Å². The van der Waals surface area contributed by atoms with E-state index in [1.807, 2.05) is 42.3 Å². The Balaban J connectivity index is 1.50. The molecule has 1 fully saturated rings. The Kier molecular flexibility index (Phi) is 4.42. The molecule has 2 aromatic heterocycles. The summed E-state index contributed by atoms with van der Waals surface area (Å²) in [5, 5.41) is 1.07. The van der Waals surface area contributed by atoms with E-state index in [4.69, 9.17) is 4.42 Å². The van der Waals surface area contributed by atoms with Crippen LogP contribution in [0.3, 0.4) is 0 Å². The molecule has 4 rings (SSSR count).